The topological polar surface area (TPSA) is 67.4 Å². The molecule has 7 heteroatoms. The van der Waals surface area contributed by atoms with Crippen molar-refractivity contribution in [1.82, 2.24) is 0 Å². The summed E-state index contributed by atoms with van der Waals surface area (Å²) in [6.07, 6.45) is 0.383. The minimum absolute atomic E-state index is 0.0959. The van der Waals surface area contributed by atoms with Crippen LogP contribution >= 0.6 is 23.2 Å². The van der Waals surface area contributed by atoms with Gasteiger partial charge in [0.05, 0.1) is 10.0 Å². The van der Waals surface area contributed by atoms with Crippen LogP contribution < -0.4 is 15.4 Å². The Labute approximate surface area is 149 Å². The van der Waals surface area contributed by atoms with Gasteiger partial charge < -0.3 is 15.4 Å². The van der Waals surface area contributed by atoms with E-state index in [4.69, 9.17) is 27.9 Å². The standard InChI is InChI=1S/C17H16Cl2N2O3/c1-2-16(22)20-11-4-3-5-12(8-11)21-17(23)10-24-13-6-7-14(18)15(19)9-13/h3-9H,2,10H2,1H3,(H,20,22)(H,21,23). The fraction of sp³-hybridized carbons (Fsp3) is 0.176. The Hall–Kier alpha value is -2.24. The van der Waals surface area contributed by atoms with Crippen LogP contribution in [0.5, 0.6) is 5.75 Å². The number of nitrogens with one attached hydrogen (secondary N) is 2. The number of ether oxygens (including phenoxy) is 1. The van der Waals surface area contributed by atoms with E-state index in [1.165, 1.54) is 6.07 Å². The molecule has 0 saturated heterocycles. The second-order valence-corrected chi connectivity index (χ2v) is 5.71. The molecule has 2 aromatic rings. The Balaban J connectivity index is 1.91. The van der Waals surface area contributed by atoms with Crippen LogP contribution in [0.25, 0.3) is 0 Å². The van der Waals surface area contributed by atoms with Crippen LogP contribution in [-0.4, -0.2) is 18.4 Å². The Bertz CT molecular complexity index is 750. The first-order chi connectivity index (χ1) is 11.5. The van der Waals surface area contributed by atoms with Crippen molar-refractivity contribution in [3.05, 3.63) is 52.5 Å². The smallest absolute Gasteiger partial charge is 0.262 e. The van der Waals surface area contributed by atoms with Gasteiger partial charge in [0.25, 0.3) is 5.91 Å². The number of hydrogen-bond donors (Lipinski definition) is 2. The van der Waals surface area contributed by atoms with Gasteiger partial charge in [0.2, 0.25) is 5.91 Å². The first-order valence-electron chi connectivity index (χ1n) is 7.25. The Morgan fingerprint density at radius 2 is 1.62 bits per heavy atom. The molecule has 2 N–H and O–H groups in total. The maximum Gasteiger partial charge on any atom is 0.262 e. The first-order valence-corrected chi connectivity index (χ1v) is 8.01. The van der Waals surface area contributed by atoms with Gasteiger partial charge in [-0.25, -0.2) is 0 Å². The molecule has 0 spiro atoms. The van der Waals surface area contributed by atoms with Gasteiger partial charge in [-0.05, 0) is 30.3 Å². The highest BCUT2D eigenvalue weighted by molar-refractivity contribution is 6.42. The lowest BCUT2D eigenvalue weighted by Gasteiger charge is -2.10. The van der Waals surface area contributed by atoms with E-state index < -0.39 is 0 Å². The van der Waals surface area contributed by atoms with E-state index in [1.807, 2.05) is 0 Å². The van der Waals surface area contributed by atoms with Crippen LogP contribution in [0.4, 0.5) is 11.4 Å². The van der Waals surface area contributed by atoms with E-state index in [0.717, 1.165) is 0 Å². The van der Waals surface area contributed by atoms with Crippen LogP contribution in [0.1, 0.15) is 13.3 Å². The van der Waals surface area contributed by atoms with Crippen LogP contribution in [0.15, 0.2) is 42.5 Å². The highest BCUT2D eigenvalue weighted by Gasteiger charge is 2.07. The summed E-state index contributed by atoms with van der Waals surface area (Å²) in [6.45, 7) is 1.59. The predicted octanol–water partition coefficient (Wildman–Crippen LogP) is 4.36. The second kappa shape index (κ2) is 8.57. The predicted molar refractivity (Wildman–Crippen MR) is 95.9 cm³/mol. The minimum atomic E-state index is -0.333. The average Bonchev–Trinajstić information content (AvgIpc) is 2.56. The summed E-state index contributed by atoms with van der Waals surface area (Å²) < 4.78 is 5.36. The quantitative estimate of drug-likeness (QED) is 0.797. The fourth-order valence-electron chi connectivity index (χ4n) is 1.84. The van der Waals surface area contributed by atoms with Crippen molar-refractivity contribution in [1.29, 1.82) is 0 Å². The zero-order chi connectivity index (χ0) is 17.5. The van der Waals surface area contributed by atoms with E-state index in [-0.39, 0.29) is 18.4 Å². The normalized spacial score (nSPS) is 10.1. The summed E-state index contributed by atoms with van der Waals surface area (Å²) in [7, 11) is 0. The largest absolute Gasteiger partial charge is 0.484 e. The molecule has 0 heterocycles. The molecule has 5 nitrogen and oxygen atoms in total. The van der Waals surface area contributed by atoms with Crippen molar-refractivity contribution >= 4 is 46.4 Å². The molecule has 0 aliphatic carbocycles. The number of anilines is 2. The SMILES string of the molecule is CCC(=O)Nc1cccc(NC(=O)COc2ccc(Cl)c(Cl)c2)c1. The molecule has 0 atom stereocenters. The molecule has 2 aromatic carbocycles. The molecule has 2 rings (SSSR count). The van der Waals surface area contributed by atoms with Crippen molar-refractivity contribution in [3.63, 3.8) is 0 Å². The Kier molecular flexibility index (Phi) is 6.46. The average molecular weight is 367 g/mol. The van der Waals surface area contributed by atoms with E-state index >= 15 is 0 Å². The summed E-state index contributed by atoms with van der Waals surface area (Å²) in [6, 6.07) is 11.6. The van der Waals surface area contributed by atoms with Crippen molar-refractivity contribution in [3.8, 4) is 5.75 Å². The van der Waals surface area contributed by atoms with Crippen LogP contribution in [0.3, 0.4) is 0 Å². The third kappa shape index (κ3) is 5.44. The summed E-state index contributed by atoms with van der Waals surface area (Å²) in [4.78, 5) is 23.3. The van der Waals surface area contributed by atoms with Crippen LogP contribution in [0, 0.1) is 0 Å². The third-order valence-electron chi connectivity index (χ3n) is 3.01. The lowest BCUT2D eigenvalue weighted by atomic mass is 10.2. The lowest BCUT2D eigenvalue weighted by Crippen LogP contribution is -2.20. The number of carbonyl (C=O) groups excluding carboxylic acids is 2. The molecule has 126 valence electrons. The molecule has 0 bridgehead atoms. The van der Waals surface area contributed by atoms with Crippen LogP contribution in [-0.2, 0) is 9.59 Å². The van der Waals surface area contributed by atoms with Crippen molar-refractivity contribution in [2.45, 2.75) is 13.3 Å². The van der Waals surface area contributed by atoms with Gasteiger partial charge in [0.15, 0.2) is 6.61 Å². The number of rotatable bonds is 6. The number of benzene rings is 2. The maximum absolute atomic E-state index is 11.9. The molecular weight excluding hydrogens is 351 g/mol. The second-order valence-electron chi connectivity index (χ2n) is 4.90. The Morgan fingerprint density at radius 1 is 0.958 bits per heavy atom. The maximum atomic E-state index is 11.9. The molecule has 0 aromatic heterocycles. The van der Waals surface area contributed by atoms with Crippen LogP contribution in [0.2, 0.25) is 10.0 Å². The minimum Gasteiger partial charge on any atom is -0.484 e. The Morgan fingerprint density at radius 3 is 2.25 bits per heavy atom. The van der Waals surface area contributed by atoms with Gasteiger partial charge in [0.1, 0.15) is 5.75 Å². The van der Waals surface area contributed by atoms with Gasteiger partial charge in [-0.3, -0.25) is 9.59 Å². The van der Waals surface area contributed by atoms with Crippen molar-refractivity contribution < 1.29 is 14.3 Å². The lowest BCUT2D eigenvalue weighted by molar-refractivity contribution is -0.118. The zero-order valence-electron chi connectivity index (χ0n) is 12.9. The summed E-state index contributed by atoms with van der Waals surface area (Å²) >= 11 is 11.7. The number of amides is 2. The number of carbonyl (C=O) groups is 2. The zero-order valence-corrected chi connectivity index (χ0v) is 14.4. The molecule has 24 heavy (non-hydrogen) atoms. The van der Waals surface area contributed by atoms with Gasteiger partial charge >= 0.3 is 0 Å². The molecule has 2 amide bonds. The van der Waals surface area contributed by atoms with E-state index in [2.05, 4.69) is 10.6 Å². The van der Waals surface area contributed by atoms with Crippen molar-refractivity contribution in [2.75, 3.05) is 17.2 Å². The number of halogens is 2. The summed E-state index contributed by atoms with van der Waals surface area (Å²) in [5.41, 5.74) is 1.18. The van der Waals surface area contributed by atoms with Gasteiger partial charge in [-0.2, -0.15) is 0 Å². The highest BCUT2D eigenvalue weighted by Crippen LogP contribution is 2.26. The van der Waals surface area contributed by atoms with E-state index in [0.29, 0.717) is 33.6 Å². The molecule has 0 unspecified atom stereocenters. The molecule has 0 aliphatic heterocycles. The molecule has 0 fully saturated rings. The van der Waals surface area contributed by atoms with Gasteiger partial charge in [0, 0.05) is 23.9 Å². The highest BCUT2D eigenvalue weighted by atomic mass is 35.5. The van der Waals surface area contributed by atoms with E-state index in [9.17, 15) is 9.59 Å². The number of hydrogen-bond acceptors (Lipinski definition) is 3. The molecule has 0 radical (unpaired) electrons. The van der Waals surface area contributed by atoms with Crippen molar-refractivity contribution in [2.24, 2.45) is 0 Å². The van der Waals surface area contributed by atoms with Gasteiger partial charge in [-0.15, -0.1) is 0 Å². The molecular formula is C17H16Cl2N2O3. The summed E-state index contributed by atoms with van der Waals surface area (Å²) in [5.74, 6) is 0.0185. The fourth-order valence-corrected chi connectivity index (χ4v) is 2.12. The third-order valence-corrected chi connectivity index (χ3v) is 3.75. The molecule has 0 saturated carbocycles. The van der Waals surface area contributed by atoms with Gasteiger partial charge in [-0.1, -0.05) is 36.2 Å². The van der Waals surface area contributed by atoms with E-state index in [1.54, 1.807) is 43.3 Å². The first kappa shape index (κ1) is 18.1. The molecule has 0 aliphatic rings. The monoisotopic (exact) mass is 366 g/mol. The summed E-state index contributed by atoms with van der Waals surface area (Å²) in [5, 5.41) is 6.19.